The van der Waals surface area contributed by atoms with Gasteiger partial charge in [-0.15, -0.1) is 0 Å². The van der Waals surface area contributed by atoms with Crippen LogP contribution in [0.3, 0.4) is 0 Å². The van der Waals surface area contributed by atoms with Crippen LogP contribution in [0.1, 0.15) is 19.3 Å². The van der Waals surface area contributed by atoms with E-state index in [-0.39, 0.29) is 5.91 Å². The summed E-state index contributed by atoms with van der Waals surface area (Å²) in [6.45, 7) is 6.66. The highest BCUT2D eigenvalue weighted by Gasteiger charge is 2.19. The zero-order valence-corrected chi connectivity index (χ0v) is 16.2. The minimum atomic E-state index is 0.0543. The number of aromatic nitrogens is 1. The number of fused-ring (bicyclic) bond motifs is 1. The number of amides is 1. The van der Waals surface area contributed by atoms with E-state index in [4.69, 9.17) is 0 Å². The predicted molar refractivity (Wildman–Crippen MR) is 110 cm³/mol. The molecule has 2 saturated heterocycles. The van der Waals surface area contributed by atoms with Crippen LogP contribution in [0.4, 0.5) is 11.4 Å². The molecule has 1 N–H and O–H groups in total. The summed E-state index contributed by atoms with van der Waals surface area (Å²) >= 11 is 0. The van der Waals surface area contributed by atoms with Gasteiger partial charge in [-0.3, -0.25) is 14.7 Å². The minimum Gasteiger partial charge on any atom is -0.370 e. The molecule has 144 valence electrons. The molecule has 27 heavy (non-hydrogen) atoms. The first kappa shape index (κ1) is 18.2. The van der Waals surface area contributed by atoms with E-state index in [1.54, 1.807) is 0 Å². The quantitative estimate of drug-likeness (QED) is 0.899. The summed E-state index contributed by atoms with van der Waals surface area (Å²) in [5, 5.41) is 4.15. The first-order valence-corrected chi connectivity index (χ1v) is 10.0. The summed E-state index contributed by atoms with van der Waals surface area (Å²) in [4.78, 5) is 24.3. The highest BCUT2D eigenvalue weighted by atomic mass is 16.2. The average Bonchev–Trinajstić information content (AvgIpc) is 3.13. The monoisotopic (exact) mass is 367 g/mol. The third kappa shape index (κ3) is 4.22. The number of carbonyl (C=O) groups is 1. The second-order valence-electron chi connectivity index (χ2n) is 7.71. The Balaban J connectivity index is 1.50. The maximum atomic E-state index is 12.7. The van der Waals surface area contributed by atoms with Gasteiger partial charge in [0.2, 0.25) is 5.91 Å². The molecule has 0 spiro atoms. The van der Waals surface area contributed by atoms with E-state index in [0.29, 0.717) is 6.54 Å². The molecular weight excluding hydrogens is 338 g/mol. The lowest BCUT2D eigenvalue weighted by atomic mass is 10.1. The van der Waals surface area contributed by atoms with Gasteiger partial charge in [0.05, 0.1) is 23.4 Å². The van der Waals surface area contributed by atoms with E-state index >= 15 is 0 Å². The molecule has 0 atom stereocenters. The first-order valence-electron chi connectivity index (χ1n) is 10.0. The predicted octanol–water partition coefficient (Wildman–Crippen LogP) is 2.41. The summed E-state index contributed by atoms with van der Waals surface area (Å²) in [6, 6.07) is 8.14. The maximum absolute atomic E-state index is 12.7. The number of nitrogens with one attached hydrogen (secondary N) is 1. The van der Waals surface area contributed by atoms with E-state index < -0.39 is 0 Å². The number of hydrogen-bond acceptors (Lipinski definition) is 5. The van der Waals surface area contributed by atoms with Crippen molar-refractivity contribution in [2.24, 2.45) is 0 Å². The lowest BCUT2D eigenvalue weighted by molar-refractivity contribution is -0.117. The molecule has 2 aromatic rings. The molecule has 2 fully saturated rings. The molecule has 6 nitrogen and oxygen atoms in total. The van der Waals surface area contributed by atoms with Gasteiger partial charge in [-0.25, -0.2) is 0 Å². The fourth-order valence-corrected chi connectivity index (χ4v) is 4.13. The molecule has 6 heteroatoms. The lowest BCUT2D eigenvalue weighted by Crippen LogP contribution is -2.35. The number of nitrogens with zero attached hydrogens (tertiary/aromatic N) is 4. The van der Waals surface area contributed by atoms with Crippen molar-refractivity contribution in [1.82, 2.24) is 14.8 Å². The minimum absolute atomic E-state index is 0.0543. The van der Waals surface area contributed by atoms with Crippen molar-refractivity contribution < 1.29 is 4.79 Å². The van der Waals surface area contributed by atoms with Gasteiger partial charge in [-0.1, -0.05) is 0 Å². The number of likely N-dealkylation sites (N-methyl/N-ethyl adjacent to an activating group) is 1. The van der Waals surface area contributed by atoms with E-state index in [2.05, 4.69) is 44.2 Å². The van der Waals surface area contributed by atoms with Gasteiger partial charge in [-0.05, 0) is 63.7 Å². The van der Waals surface area contributed by atoms with Crippen molar-refractivity contribution in [2.45, 2.75) is 19.3 Å². The Kier molecular flexibility index (Phi) is 5.55. The zero-order chi connectivity index (χ0) is 18.6. The molecule has 0 saturated carbocycles. The normalized spacial score (nSPS) is 19.4. The number of benzene rings is 1. The highest BCUT2D eigenvalue weighted by Crippen LogP contribution is 2.32. The summed E-state index contributed by atoms with van der Waals surface area (Å²) in [5.41, 5.74) is 3.02. The van der Waals surface area contributed by atoms with Gasteiger partial charge in [-0.2, -0.15) is 0 Å². The van der Waals surface area contributed by atoms with Crippen molar-refractivity contribution in [3.63, 3.8) is 0 Å². The molecule has 0 radical (unpaired) electrons. The Bertz CT molecular complexity index is 802. The van der Waals surface area contributed by atoms with Crippen LogP contribution in [0.5, 0.6) is 0 Å². The zero-order valence-electron chi connectivity index (χ0n) is 16.2. The van der Waals surface area contributed by atoms with Crippen molar-refractivity contribution in [3.05, 3.63) is 30.5 Å². The van der Waals surface area contributed by atoms with Gasteiger partial charge in [0.25, 0.3) is 0 Å². The average molecular weight is 367 g/mol. The highest BCUT2D eigenvalue weighted by molar-refractivity contribution is 6.05. The smallest absolute Gasteiger partial charge is 0.238 e. The Morgan fingerprint density at radius 1 is 1.04 bits per heavy atom. The van der Waals surface area contributed by atoms with Crippen LogP contribution in [-0.4, -0.2) is 73.6 Å². The molecule has 3 heterocycles. The molecule has 1 aromatic heterocycles. The summed E-state index contributed by atoms with van der Waals surface area (Å²) < 4.78 is 0. The van der Waals surface area contributed by atoms with E-state index in [1.165, 1.54) is 18.5 Å². The third-order valence-corrected chi connectivity index (χ3v) is 5.65. The summed E-state index contributed by atoms with van der Waals surface area (Å²) in [5.74, 6) is 0.0543. The first-order chi connectivity index (χ1) is 13.2. The molecule has 2 aliphatic heterocycles. The second kappa shape index (κ2) is 8.23. The molecule has 4 rings (SSSR count). The molecule has 0 aliphatic carbocycles. The van der Waals surface area contributed by atoms with Crippen LogP contribution < -0.4 is 10.2 Å². The summed E-state index contributed by atoms with van der Waals surface area (Å²) in [6.07, 6.45) is 5.41. The van der Waals surface area contributed by atoms with Crippen molar-refractivity contribution in [1.29, 1.82) is 0 Å². The van der Waals surface area contributed by atoms with E-state index in [9.17, 15) is 4.79 Å². The Morgan fingerprint density at radius 2 is 1.89 bits per heavy atom. The molecular formula is C21H29N5O. The number of pyridine rings is 1. The Morgan fingerprint density at radius 3 is 2.74 bits per heavy atom. The Labute approximate surface area is 161 Å². The molecule has 2 aliphatic rings. The number of anilines is 2. The fourth-order valence-electron chi connectivity index (χ4n) is 4.13. The number of rotatable bonds is 4. The summed E-state index contributed by atoms with van der Waals surface area (Å²) in [7, 11) is 2.14. The standard InChI is InChI=1S/C21H29N5O/c1-24-10-5-11-25(15-14-24)16-20(27)23-18-7-8-19(26-12-2-3-13-26)21-17(18)6-4-9-22-21/h4,6-9H,2-3,5,10-16H2,1H3,(H,23,27). The SMILES string of the molecule is CN1CCCN(CC(=O)Nc2ccc(N3CCCC3)c3ncccc23)CC1. The van der Waals surface area contributed by atoms with E-state index in [1.807, 2.05) is 18.3 Å². The van der Waals surface area contributed by atoms with Gasteiger partial charge in [0.15, 0.2) is 0 Å². The van der Waals surface area contributed by atoms with Gasteiger partial charge >= 0.3 is 0 Å². The van der Waals surface area contributed by atoms with Crippen molar-refractivity contribution >= 4 is 28.2 Å². The van der Waals surface area contributed by atoms with Crippen molar-refractivity contribution in [3.8, 4) is 0 Å². The Hall–Kier alpha value is -2.18. The van der Waals surface area contributed by atoms with Crippen LogP contribution in [0.15, 0.2) is 30.5 Å². The van der Waals surface area contributed by atoms with Crippen LogP contribution in [-0.2, 0) is 4.79 Å². The van der Waals surface area contributed by atoms with E-state index in [0.717, 1.165) is 62.3 Å². The second-order valence-corrected chi connectivity index (χ2v) is 7.71. The molecule has 0 bridgehead atoms. The van der Waals surface area contributed by atoms with Crippen LogP contribution in [0, 0.1) is 0 Å². The largest absolute Gasteiger partial charge is 0.370 e. The van der Waals surface area contributed by atoms with Crippen LogP contribution in [0.2, 0.25) is 0 Å². The fraction of sp³-hybridized carbons (Fsp3) is 0.524. The maximum Gasteiger partial charge on any atom is 0.238 e. The molecule has 1 aromatic carbocycles. The van der Waals surface area contributed by atoms with Gasteiger partial charge in [0, 0.05) is 37.8 Å². The third-order valence-electron chi connectivity index (χ3n) is 5.65. The van der Waals surface area contributed by atoms with Crippen LogP contribution in [0.25, 0.3) is 10.9 Å². The lowest BCUT2D eigenvalue weighted by Gasteiger charge is -2.22. The van der Waals surface area contributed by atoms with Crippen molar-refractivity contribution in [2.75, 3.05) is 63.1 Å². The van der Waals surface area contributed by atoms with Gasteiger partial charge in [0.1, 0.15) is 0 Å². The van der Waals surface area contributed by atoms with Gasteiger partial charge < -0.3 is 15.1 Å². The number of hydrogen-bond donors (Lipinski definition) is 1. The molecule has 1 amide bonds. The van der Waals surface area contributed by atoms with Crippen LogP contribution >= 0.6 is 0 Å². The topological polar surface area (TPSA) is 51.7 Å². The molecule has 0 unspecified atom stereocenters. The number of carbonyl (C=O) groups excluding carboxylic acids is 1.